The fourth-order valence-electron chi connectivity index (χ4n) is 3.53. The van der Waals surface area contributed by atoms with Gasteiger partial charge in [0.05, 0.1) is 18.3 Å². The van der Waals surface area contributed by atoms with Crippen molar-refractivity contribution in [2.45, 2.75) is 13.0 Å². The van der Waals surface area contributed by atoms with Crippen molar-refractivity contribution >= 4 is 11.8 Å². The zero-order valence-corrected chi connectivity index (χ0v) is 16.4. The molecule has 2 aromatic carbocycles. The predicted octanol–water partition coefficient (Wildman–Crippen LogP) is 2.45. The van der Waals surface area contributed by atoms with Gasteiger partial charge in [0.15, 0.2) is 5.69 Å². The van der Waals surface area contributed by atoms with Crippen LogP contribution in [0.2, 0.25) is 0 Å². The smallest absolute Gasteiger partial charge is 0.276 e. The van der Waals surface area contributed by atoms with Crippen molar-refractivity contribution in [1.82, 2.24) is 24.8 Å². The molecule has 0 spiro atoms. The van der Waals surface area contributed by atoms with Crippen LogP contribution in [0.3, 0.4) is 0 Å². The van der Waals surface area contributed by atoms with E-state index in [9.17, 15) is 14.0 Å². The summed E-state index contributed by atoms with van der Waals surface area (Å²) in [6.07, 6.45) is 2.26. The summed E-state index contributed by atoms with van der Waals surface area (Å²) in [5, 5.41) is 8.08. The zero-order valence-electron chi connectivity index (χ0n) is 16.4. The number of rotatable bonds is 4. The molecule has 2 heterocycles. The first-order valence-corrected chi connectivity index (χ1v) is 9.89. The SMILES string of the molecule is O=C(c1cn(Cc2ccccc2)nn1)N1CCCN(C(=O)c2ccccc2F)CC1. The van der Waals surface area contributed by atoms with Gasteiger partial charge >= 0.3 is 0 Å². The van der Waals surface area contributed by atoms with Gasteiger partial charge < -0.3 is 9.80 Å². The highest BCUT2D eigenvalue weighted by Gasteiger charge is 2.26. The lowest BCUT2D eigenvalue weighted by Crippen LogP contribution is -2.37. The van der Waals surface area contributed by atoms with Gasteiger partial charge in [0, 0.05) is 26.2 Å². The van der Waals surface area contributed by atoms with Crippen molar-refractivity contribution < 1.29 is 14.0 Å². The number of halogens is 1. The van der Waals surface area contributed by atoms with E-state index in [0.29, 0.717) is 39.1 Å². The van der Waals surface area contributed by atoms with E-state index in [4.69, 9.17) is 0 Å². The van der Waals surface area contributed by atoms with E-state index in [1.165, 1.54) is 12.1 Å². The van der Waals surface area contributed by atoms with Crippen LogP contribution in [0.5, 0.6) is 0 Å². The molecule has 1 aromatic heterocycles. The first kappa shape index (κ1) is 19.8. The van der Waals surface area contributed by atoms with Crippen LogP contribution in [0, 0.1) is 5.82 Å². The second kappa shape index (κ2) is 8.86. The third-order valence-electron chi connectivity index (χ3n) is 5.12. The number of nitrogens with zero attached hydrogens (tertiary/aromatic N) is 5. The lowest BCUT2D eigenvalue weighted by atomic mass is 10.2. The van der Waals surface area contributed by atoms with Crippen LogP contribution in [0.25, 0.3) is 0 Å². The molecule has 0 saturated carbocycles. The van der Waals surface area contributed by atoms with E-state index >= 15 is 0 Å². The van der Waals surface area contributed by atoms with Gasteiger partial charge in [0.1, 0.15) is 5.82 Å². The van der Waals surface area contributed by atoms with Crippen molar-refractivity contribution in [3.8, 4) is 0 Å². The normalized spacial score (nSPS) is 14.4. The van der Waals surface area contributed by atoms with Crippen LogP contribution >= 0.6 is 0 Å². The first-order chi connectivity index (χ1) is 14.6. The van der Waals surface area contributed by atoms with Gasteiger partial charge in [0.25, 0.3) is 11.8 Å². The maximum atomic E-state index is 14.0. The first-order valence-electron chi connectivity index (χ1n) is 9.89. The quantitative estimate of drug-likeness (QED) is 0.666. The van der Waals surface area contributed by atoms with Gasteiger partial charge in [-0.05, 0) is 24.1 Å². The minimum absolute atomic E-state index is 0.0566. The average Bonchev–Trinajstić information content (AvgIpc) is 3.09. The maximum absolute atomic E-state index is 14.0. The molecule has 8 heteroatoms. The van der Waals surface area contributed by atoms with Crippen LogP contribution < -0.4 is 0 Å². The Morgan fingerprint density at radius 3 is 2.27 bits per heavy atom. The number of aromatic nitrogens is 3. The third-order valence-corrected chi connectivity index (χ3v) is 5.12. The molecule has 0 N–H and O–H groups in total. The van der Waals surface area contributed by atoms with E-state index in [1.54, 1.807) is 32.8 Å². The number of benzene rings is 2. The van der Waals surface area contributed by atoms with Gasteiger partial charge in [-0.2, -0.15) is 0 Å². The molecular formula is C22H22FN5O2. The summed E-state index contributed by atoms with van der Waals surface area (Å²) >= 11 is 0. The van der Waals surface area contributed by atoms with Crippen molar-refractivity contribution in [3.63, 3.8) is 0 Å². The Labute approximate surface area is 173 Å². The fourth-order valence-corrected chi connectivity index (χ4v) is 3.53. The molecule has 0 bridgehead atoms. The van der Waals surface area contributed by atoms with Crippen LogP contribution in [0.1, 0.15) is 32.8 Å². The van der Waals surface area contributed by atoms with E-state index in [-0.39, 0.29) is 23.1 Å². The Bertz CT molecular complexity index is 1040. The van der Waals surface area contributed by atoms with Crippen LogP contribution in [-0.2, 0) is 6.54 Å². The van der Waals surface area contributed by atoms with E-state index in [2.05, 4.69) is 10.3 Å². The standard InChI is InChI=1S/C22H22FN5O2/c23-19-10-5-4-9-18(19)21(29)26-11-6-12-27(14-13-26)22(30)20-16-28(25-24-20)15-17-7-2-1-3-8-17/h1-5,7-10,16H,6,11-15H2. The van der Waals surface area contributed by atoms with Crippen LogP contribution in [0.4, 0.5) is 4.39 Å². The number of hydrogen-bond donors (Lipinski definition) is 0. The number of hydrogen-bond acceptors (Lipinski definition) is 4. The predicted molar refractivity (Wildman–Crippen MR) is 108 cm³/mol. The molecule has 1 aliphatic rings. The highest BCUT2D eigenvalue weighted by molar-refractivity contribution is 5.95. The van der Waals surface area contributed by atoms with Gasteiger partial charge in [-0.3, -0.25) is 9.59 Å². The summed E-state index contributed by atoms with van der Waals surface area (Å²) < 4.78 is 15.6. The molecule has 0 unspecified atom stereocenters. The van der Waals surface area contributed by atoms with Gasteiger partial charge in [-0.15, -0.1) is 5.10 Å². The average molecular weight is 407 g/mol. The molecule has 4 rings (SSSR count). The van der Waals surface area contributed by atoms with Crippen LogP contribution in [-0.4, -0.2) is 62.8 Å². The number of carbonyl (C=O) groups excluding carboxylic acids is 2. The molecule has 1 aliphatic heterocycles. The Morgan fingerprint density at radius 2 is 1.53 bits per heavy atom. The molecule has 1 fully saturated rings. The van der Waals surface area contributed by atoms with Crippen molar-refractivity contribution in [2.75, 3.05) is 26.2 Å². The van der Waals surface area contributed by atoms with E-state index < -0.39 is 5.82 Å². The lowest BCUT2D eigenvalue weighted by molar-refractivity contribution is 0.0713. The van der Waals surface area contributed by atoms with Crippen molar-refractivity contribution in [1.29, 1.82) is 0 Å². The Hall–Kier alpha value is -3.55. The van der Waals surface area contributed by atoms with E-state index in [0.717, 1.165) is 5.56 Å². The van der Waals surface area contributed by atoms with Gasteiger partial charge in [-0.25, -0.2) is 9.07 Å². The largest absolute Gasteiger partial charge is 0.337 e. The highest BCUT2D eigenvalue weighted by atomic mass is 19.1. The second-order valence-electron chi connectivity index (χ2n) is 7.20. The van der Waals surface area contributed by atoms with E-state index in [1.807, 2.05) is 30.3 Å². The van der Waals surface area contributed by atoms with Crippen molar-refractivity contribution in [3.05, 3.63) is 83.4 Å². The third kappa shape index (κ3) is 4.37. The highest BCUT2D eigenvalue weighted by Crippen LogP contribution is 2.14. The molecule has 3 aromatic rings. The maximum Gasteiger partial charge on any atom is 0.276 e. The Kier molecular flexibility index (Phi) is 5.83. The summed E-state index contributed by atoms with van der Waals surface area (Å²) in [5.74, 6) is -1.10. The topological polar surface area (TPSA) is 71.3 Å². The molecule has 0 radical (unpaired) electrons. The van der Waals surface area contributed by atoms with Crippen LogP contribution in [0.15, 0.2) is 60.8 Å². The molecular weight excluding hydrogens is 385 g/mol. The number of amides is 2. The van der Waals surface area contributed by atoms with Crippen molar-refractivity contribution in [2.24, 2.45) is 0 Å². The second-order valence-corrected chi connectivity index (χ2v) is 7.20. The molecule has 1 saturated heterocycles. The monoisotopic (exact) mass is 407 g/mol. The molecule has 0 atom stereocenters. The Balaban J connectivity index is 1.39. The minimum atomic E-state index is -0.533. The fraction of sp³-hybridized carbons (Fsp3) is 0.273. The molecule has 7 nitrogen and oxygen atoms in total. The minimum Gasteiger partial charge on any atom is -0.337 e. The molecule has 30 heavy (non-hydrogen) atoms. The summed E-state index contributed by atoms with van der Waals surface area (Å²) in [4.78, 5) is 28.8. The molecule has 0 aliphatic carbocycles. The molecule has 2 amide bonds. The summed E-state index contributed by atoms with van der Waals surface area (Å²) in [6, 6.07) is 15.8. The van der Waals surface area contributed by atoms with Gasteiger partial charge in [-0.1, -0.05) is 47.7 Å². The molecule has 154 valence electrons. The Morgan fingerprint density at radius 1 is 0.867 bits per heavy atom. The van der Waals surface area contributed by atoms with Gasteiger partial charge in [0.2, 0.25) is 0 Å². The number of carbonyl (C=O) groups is 2. The zero-order chi connectivity index (χ0) is 20.9. The summed E-state index contributed by atoms with van der Waals surface area (Å²) in [6.45, 7) is 2.22. The summed E-state index contributed by atoms with van der Waals surface area (Å²) in [5.41, 5.74) is 1.40. The summed E-state index contributed by atoms with van der Waals surface area (Å²) in [7, 11) is 0. The lowest BCUT2D eigenvalue weighted by Gasteiger charge is -2.21.